The molecule has 172 valence electrons. The maximum atomic E-state index is 13.3. The van der Waals surface area contributed by atoms with Crippen LogP contribution in [0.4, 0.5) is 0 Å². The fourth-order valence-electron chi connectivity index (χ4n) is 3.70. The Morgan fingerprint density at radius 2 is 1.56 bits per heavy atom. The Bertz CT molecular complexity index is 999. The van der Waals surface area contributed by atoms with Crippen LogP contribution in [0.25, 0.3) is 0 Å². The van der Waals surface area contributed by atoms with Crippen molar-refractivity contribution in [2.24, 2.45) is 5.10 Å². The number of sulfonamides is 1. The van der Waals surface area contributed by atoms with Gasteiger partial charge in [-0.05, 0) is 61.9 Å². The number of nitrogens with zero attached hydrogens (tertiary/aromatic N) is 2. The van der Waals surface area contributed by atoms with Crippen LogP contribution in [0, 0.1) is 0 Å². The van der Waals surface area contributed by atoms with E-state index in [1.807, 2.05) is 30.3 Å². The van der Waals surface area contributed by atoms with Crippen molar-refractivity contribution in [3.8, 4) is 0 Å². The van der Waals surface area contributed by atoms with Gasteiger partial charge in [0.05, 0.1) is 11.4 Å². The summed E-state index contributed by atoms with van der Waals surface area (Å²) >= 11 is 3.33. The molecule has 8 heteroatoms. The number of amides is 1. The van der Waals surface area contributed by atoms with E-state index < -0.39 is 15.9 Å². The van der Waals surface area contributed by atoms with Crippen LogP contribution in [0.3, 0.4) is 0 Å². The first kappa shape index (κ1) is 24.6. The summed E-state index contributed by atoms with van der Waals surface area (Å²) in [6.07, 6.45) is 8.07. The lowest BCUT2D eigenvalue weighted by molar-refractivity contribution is -0.121. The second-order valence-corrected chi connectivity index (χ2v) is 10.9. The van der Waals surface area contributed by atoms with Gasteiger partial charge in [0.25, 0.3) is 5.91 Å². The van der Waals surface area contributed by atoms with Gasteiger partial charge in [-0.25, -0.2) is 13.8 Å². The number of rotatable bonds is 8. The summed E-state index contributed by atoms with van der Waals surface area (Å²) in [6.45, 7) is -0.0750. The highest BCUT2D eigenvalue weighted by Gasteiger charge is 2.26. The quantitative estimate of drug-likeness (QED) is 0.503. The second-order valence-electron chi connectivity index (χ2n) is 8.01. The van der Waals surface area contributed by atoms with Crippen molar-refractivity contribution in [1.29, 1.82) is 0 Å². The summed E-state index contributed by atoms with van der Waals surface area (Å²) in [7, 11) is -3.83. The highest BCUT2D eigenvalue weighted by atomic mass is 79.9. The number of hydrazone groups is 1. The van der Waals surface area contributed by atoms with E-state index in [4.69, 9.17) is 0 Å². The maximum absolute atomic E-state index is 13.3. The molecule has 1 aliphatic rings. The first-order valence-electron chi connectivity index (χ1n) is 11.1. The van der Waals surface area contributed by atoms with E-state index in [1.165, 1.54) is 23.6 Å². The van der Waals surface area contributed by atoms with Crippen LogP contribution in [0.1, 0.15) is 50.5 Å². The number of benzene rings is 2. The third-order valence-electron chi connectivity index (χ3n) is 5.53. The molecule has 0 atom stereocenters. The van der Waals surface area contributed by atoms with E-state index in [9.17, 15) is 13.2 Å². The summed E-state index contributed by atoms with van der Waals surface area (Å²) in [4.78, 5) is 12.8. The molecular weight excluding hydrogens is 490 g/mol. The largest absolute Gasteiger partial charge is 0.272 e. The molecule has 0 aromatic heterocycles. The third kappa shape index (κ3) is 7.53. The highest BCUT2D eigenvalue weighted by molar-refractivity contribution is 9.10. The Hall–Kier alpha value is -2.03. The zero-order chi connectivity index (χ0) is 22.8. The predicted octanol–water partition coefficient (Wildman–Crippen LogP) is 4.90. The zero-order valence-electron chi connectivity index (χ0n) is 18.2. The molecule has 3 rings (SSSR count). The van der Waals surface area contributed by atoms with E-state index in [0.29, 0.717) is 6.42 Å². The second kappa shape index (κ2) is 12.3. The molecule has 1 fully saturated rings. The Balaban J connectivity index is 1.72. The Morgan fingerprint density at radius 1 is 0.938 bits per heavy atom. The monoisotopic (exact) mass is 519 g/mol. The van der Waals surface area contributed by atoms with Gasteiger partial charge in [-0.1, -0.05) is 65.5 Å². The molecule has 1 amide bonds. The first-order valence-corrected chi connectivity index (χ1v) is 13.3. The van der Waals surface area contributed by atoms with E-state index in [2.05, 4.69) is 26.5 Å². The molecule has 0 heterocycles. The SMILES string of the molecule is O=C(CN(CCc1ccccc1)S(=O)(=O)c1ccc(Br)cc1)NN=C1CCCCCCC1. The minimum atomic E-state index is -3.83. The number of carbonyl (C=O) groups excluding carboxylic acids is 1. The third-order valence-corrected chi connectivity index (χ3v) is 7.92. The zero-order valence-corrected chi connectivity index (χ0v) is 20.6. The number of nitrogens with one attached hydrogen (secondary N) is 1. The molecule has 32 heavy (non-hydrogen) atoms. The number of hydrogen-bond donors (Lipinski definition) is 1. The standard InChI is InChI=1S/C24H30BrN3O3S/c25-21-13-15-23(16-14-21)32(30,31)28(18-17-20-9-5-4-6-10-20)19-24(29)27-26-22-11-7-2-1-3-8-12-22/h4-6,9-10,13-16H,1-3,7-8,11-12,17-19H2,(H,27,29). The average molecular weight is 520 g/mol. The molecule has 0 aliphatic heterocycles. The van der Waals surface area contributed by atoms with Crippen LogP contribution in [0.2, 0.25) is 0 Å². The van der Waals surface area contributed by atoms with Crippen LogP contribution < -0.4 is 5.43 Å². The van der Waals surface area contributed by atoms with Gasteiger partial charge in [-0.2, -0.15) is 9.41 Å². The minimum Gasteiger partial charge on any atom is -0.272 e. The molecule has 1 N–H and O–H groups in total. The Kier molecular flexibility index (Phi) is 9.44. The van der Waals surface area contributed by atoms with Crippen LogP contribution in [-0.2, 0) is 21.2 Å². The fraction of sp³-hybridized carbons (Fsp3) is 0.417. The van der Waals surface area contributed by atoms with Gasteiger partial charge in [0.1, 0.15) is 0 Å². The average Bonchev–Trinajstić information content (AvgIpc) is 2.77. The van der Waals surface area contributed by atoms with Crippen molar-refractivity contribution in [2.45, 2.75) is 56.3 Å². The van der Waals surface area contributed by atoms with Crippen molar-refractivity contribution >= 4 is 37.6 Å². The Morgan fingerprint density at radius 3 is 2.22 bits per heavy atom. The van der Waals surface area contributed by atoms with Crippen molar-refractivity contribution in [3.05, 3.63) is 64.6 Å². The van der Waals surface area contributed by atoms with Crippen molar-refractivity contribution in [1.82, 2.24) is 9.73 Å². The Labute approximate surface area is 199 Å². The molecule has 0 saturated heterocycles. The van der Waals surface area contributed by atoms with Gasteiger partial charge in [0.15, 0.2) is 0 Å². The summed E-state index contributed by atoms with van der Waals surface area (Å²) in [6, 6.07) is 16.1. The normalized spacial score (nSPS) is 15.1. The van der Waals surface area contributed by atoms with E-state index in [1.54, 1.807) is 24.3 Å². The van der Waals surface area contributed by atoms with Crippen LogP contribution in [0.15, 0.2) is 69.1 Å². The van der Waals surface area contributed by atoms with Crippen molar-refractivity contribution in [3.63, 3.8) is 0 Å². The molecular formula is C24H30BrN3O3S. The van der Waals surface area contributed by atoms with Crippen molar-refractivity contribution in [2.75, 3.05) is 13.1 Å². The highest BCUT2D eigenvalue weighted by Crippen LogP contribution is 2.19. The molecule has 0 bridgehead atoms. The lowest BCUT2D eigenvalue weighted by atomic mass is 9.99. The van der Waals surface area contributed by atoms with Crippen LogP contribution >= 0.6 is 15.9 Å². The molecule has 6 nitrogen and oxygen atoms in total. The summed E-state index contributed by atoms with van der Waals surface area (Å²) in [5, 5.41) is 4.31. The molecule has 1 aliphatic carbocycles. The summed E-state index contributed by atoms with van der Waals surface area (Å²) < 4.78 is 28.6. The molecule has 2 aromatic rings. The lowest BCUT2D eigenvalue weighted by Gasteiger charge is -2.21. The smallest absolute Gasteiger partial charge is 0.255 e. The minimum absolute atomic E-state index is 0.160. The van der Waals surface area contributed by atoms with E-state index in [0.717, 1.165) is 41.4 Å². The van der Waals surface area contributed by atoms with E-state index in [-0.39, 0.29) is 18.0 Å². The lowest BCUT2D eigenvalue weighted by Crippen LogP contribution is -2.40. The fourth-order valence-corrected chi connectivity index (χ4v) is 5.36. The topological polar surface area (TPSA) is 78.8 Å². The molecule has 2 aromatic carbocycles. The van der Waals surface area contributed by atoms with Gasteiger partial charge in [0, 0.05) is 16.7 Å². The van der Waals surface area contributed by atoms with Gasteiger partial charge in [0.2, 0.25) is 10.0 Å². The molecule has 0 unspecified atom stereocenters. The molecule has 0 radical (unpaired) electrons. The van der Waals surface area contributed by atoms with Gasteiger partial charge < -0.3 is 0 Å². The molecule has 1 saturated carbocycles. The van der Waals surface area contributed by atoms with Crippen LogP contribution in [0.5, 0.6) is 0 Å². The summed E-state index contributed by atoms with van der Waals surface area (Å²) in [5.74, 6) is -0.423. The summed E-state index contributed by atoms with van der Waals surface area (Å²) in [5.41, 5.74) is 4.60. The predicted molar refractivity (Wildman–Crippen MR) is 131 cm³/mol. The van der Waals surface area contributed by atoms with E-state index >= 15 is 0 Å². The van der Waals surface area contributed by atoms with Gasteiger partial charge in [-0.15, -0.1) is 0 Å². The number of hydrogen-bond acceptors (Lipinski definition) is 4. The molecule has 0 spiro atoms. The van der Waals surface area contributed by atoms with Crippen LogP contribution in [-0.4, -0.2) is 37.4 Å². The van der Waals surface area contributed by atoms with Crippen molar-refractivity contribution < 1.29 is 13.2 Å². The maximum Gasteiger partial charge on any atom is 0.255 e. The van der Waals surface area contributed by atoms with Gasteiger partial charge in [-0.3, -0.25) is 4.79 Å². The first-order chi connectivity index (χ1) is 15.4. The number of carbonyl (C=O) groups is 1. The number of halogens is 1. The van der Waals surface area contributed by atoms with Gasteiger partial charge >= 0.3 is 0 Å².